The van der Waals surface area contributed by atoms with Gasteiger partial charge in [0.1, 0.15) is 11.8 Å². The van der Waals surface area contributed by atoms with Crippen LogP contribution in [0.1, 0.15) is 44.7 Å². The van der Waals surface area contributed by atoms with Crippen molar-refractivity contribution in [3.8, 4) is 5.75 Å². The highest BCUT2D eigenvalue weighted by Gasteiger charge is 2.30. The molecule has 0 spiro atoms. The lowest BCUT2D eigenvalue weighted by molar-refractivity contribution is -0.143. The Balaban J connectivity index is 2.25. The molecule has 0 aliphatic rings. The van der Waals surface area contributed by atoms with Crippen LogP contribution in [0.2, 0.25) is 10.0 Å². The fraction of sp³-hybridized carbons (Fsp3) is 0.417. The van der Waals surface area contributed by atoms with Crippen molar-refractivity contribution < 1.29 is 14.3 Å². The number of nitrogens with zero attached hydrogens (tertiary/aromatic N) is 1. The Morgan fingerprint density at radius 1 is 1.10 bits per heavy atom. The number of carbonyl (C=O) groups is 2. The molecule has 2 rings (SSSR count). The fourth-order valence-electron chi connectivity index (χ4n) is 3.15. The van der Waals surface area contributed by atoms with Crippen molar-refractivity contribution in [2.75, 3.05) is 6.61 Å². The molecule has 5 nitrogen and oxygen atoms in total. The van der Waals surface area contributed by atoms with E-state index in [-0.39, 0.29) is 24.5 Å². The normalized spacial score (nSPS) is 12.7. The van der Waals surface area contributed by atoms with Gasteiger partial charge in [-0.2, -0.15) is 0 Å². The van der Waals surface area contributed by atoms with E-state index in [2.05, 4.69) is 5.32 Å². The van der Waals surface area contributed by atoms with Gasteiger partial charge in [0.2, 0.25) is 5.91 Å². The van der Waals surface area contributed by atoms with E-state index < -0.39 is 6.04 Å². The number of carbonyl (C=O) groups excluding carboxylic acids is 2. The predicted molar refractivity (Wildman–Crippen MR) is 126 cm³/mol. The number of rotatable bonds is 10. The van der Waals surface area contributed by atoms with Crippen molar-refractivity contribution in [1.82, 2.24) is 10.2 Å². The first-order valence-corrected chi connectivity index (χ1v) is 11.2. The number of aryl methyl sites for hydroxylation is 1. The summed E-state index contributed by atoms with van der Waals surface area (Å²) in [4.78, 5) is 27.8. The Morgan fingerprint density at radius 2 is 1.81 bits per heavy atom. The lowest BCUT2D eigenvalue weighted by Gasteiger charge is -2.31. The summed E-state index contributed by atoms with van der Waals surface area (Å²) in [7, 11) is 0. The standard InChI is InChI=1S/C24H30Cl2N2O3/c1-5-17(4)27-24(30)21(6-2)28(14-18-10-8-7-9-16(18)3)23(29)15-31-22-12-11-19(25)13-20(22)26/h7-13,17,21H,5-6,14-15H2,1-4H3,(H,27,30)/t17-,21-/m0/s1. The number of nitrogens with one attached hydrogen (secondary N) is 1. The second kappa shape index (κ2) is 12.0. The molecule has 0 heterocycles. The molecule has 0 aromatic heterocycles. The monoisotopic (exact) mass is 464 g/mol. The third-order valence-corrected chi connectivity index (χ3v) is 5.76. The highest BCUT2D eigenvalue weighted by atomic mass is 35.5. The Kier molecular flexibility index (Phi) is 9.66. The summed E-state index contributed by atoms with van der Waals surface area (Å²) in [5.41, 5.74) is 2.04. The number of benzene rings is 2. The number of hydrogen-bond donors (Lipinski definition) is 1. The summed E-state index contributed by atoms with van der Waals surface area (Å²) in [6.45, 7) is 7.92. The molecule has 1 N–H and O–H groups in total. The molecule has 2 aromatic carbocycles. The van der Waals surface area contributed by atoms with Crippen molar-refractivity contribution in [2.45, 2.75) is 59.2 Å². The van der Waals surface area contributed by atoms with E-state index in [1.54, 1.807) is 23.1 Å². The molecule has 0 aliphatic carbocycles. The van der Waals surface area contributed by atoms with Gasteiger partial charge in [-0.1, -0.05) is 61.3 Å². The quantitative estimate of drug-likeness (QED) is 0.511. The minimum absolute atomic E-state index is 0.0288. The topological polar surface area (TPSA) is 58.6 Å². The van der Waals surface area contributed by atoms with Crippen LogP contribution in [0.5, 0.6) is 5.75 Å². The number of amides is 2. The molecule has 31 heavy (non-hydrogen) atoms. The molecule has 0 aliphatic heterocycles. The van der Waals surface area contributed by atoms with E-state index in [9.17, 15) is 9.59 Å². The molecule has 2 atom stereocenters. The summed E-state index contributed by atoms with van der Waals surface area (Å²) in [5.74, 6) is -0.0869. The van der Waals surface area contributed by atoms with Crippen molar-refractivity contribution in [2.24, 2.45) is 0 Å². The van der Waals surface area contributed by atoms with E-state index in [4.69, 9.17) is 27.9 Å². The lowest BCUT2D eigenvalue weighted by atomic mass is 10.1. The lowest BCUT2D eigenvalue weighted by Crippen LogP contribution is -2.51. The maximum absolute atomic E-state index is 13.2. The van der Waals surface area contributed by atoms with Crippen LogP contribution >= 0.6 is 23.2 Å². The predicted octanol–water partition coefficient (Wildman–Crippen LogP) is 5.40. The van der Waals surface area contributed by atoms with Crippen LogP contribution in [-0.4, -0.2) is 35.4 Å². The third-order valence-electron chi connectivity index (χ3n) is 5.23. The molecule has 0 fully saturated rings. The summed E-state index contributed by atoms with van der Waals surface area (Å²) < 4.78 is 5.67. The van der Waals surface area contributed by atoms with Crippen LogP contribution in [-0.2, 0) is 16.1 Å². The van der Waals surface area contributed by atoms with Gasteiger partial charge in [-0.3, -0.25) is 9.59 Å². The molecule has 168 valence electrons. The van der Waals surface area contributed by atoms with Crippen LogP contribution in [0.25, 0.3) is 0 Å². The van der Waals surface area contributed by atoms with Gasteiger partial charge in [0.25, 0.3) is 5.91 Å². The fourth-order valence-corrected chi connectivity index (χ4v) is 3.61. The molecule has 0 radical (unpaired) electrons. The summed E-state index contributed by atoms with van der Waals surface area (Å²) in [6.07, 6.45) is 1.30. The van der Waals surface area contributed by atoms with Crippen LogP contribution in [0.4, 0.5) is 0 Å². The van der Waals surface area contributed by atoms with E-state index in [1.807, 2.05) is 52.0 Å². The molecular weight excluding hydrogens is 435 g/mol. The van der Waals surface area contributed by atoms with Crippen molar-refractivity contribution in [3.05, 3.63) is 63.6 Å². The average molecular weight is 465 g/mol. The van der Waals surface area contributed by atoms with Gasteiger partial charge >= 0.3 is 0 Å². The van der Waals surface area contributed by atoms with Crippen LogP contribution in [0.3, 0.4) is 0 Å². The Hall–Kier alpha value is -2.24. The first-order valence-electron chi connectivity index (χ1n) is 10.5. The molecule has 0 saturated carbocycles. The average Bonchev–Trinajstić information content (AvgIpc) is 2.74. The largest absolute Gasteiger partial charge is 0.482 e. The Bertz CT molecular complexity index is 904. The van der Waals surface area contributed by atoms with Crippen LogP contribution in [0, 0.1) is 6.92 Å². The highest BCUT2D eigenvalue weighted by molar-refractivity contribution is 6.35. The van der Waals surface area contributed by atoms with Gasteiger partial charge in [0, 0.05) is 17.6 Å². The summed E-state index contributed by atoms with van der Waals surface area (Å²) in [5, 5.41) is 3.81. The number of halogens is 2. The zero-order chi connectivity index (χ0) is 23.0. The van der Waals surface area contributed by atoms with E-state index in [0.717, 1.165) is 17.5 Å². The second-order valence-electron chi connectivity index (χ2n) is 7.55. The Labute approximate surface area is 194 Å². The minimum Gasteiger partial charge on any atom is -0.482 e. The van der Waals surface area contributed by atoms with E-state index in [0.29, 0.717) is 28.8 Å². The van der Waals surface area contributed by atoms with Crippen LogP contribution in [0.15, 0.2) is 42.5 Å². The number of ether oxygens (including phenoxy) is 1. The smallest absolute Gasteiger partial charge is 0.261 e. The summed E-state index contributed by atoms with van der Waals surface area (Å²) >= 11 is 12.1. The maximum atomic E-state index is 13.2. The molecule has 0 unspecified atom stereocenters. The van der Waals surface area contributed by atoms with Gasteiger partial charge in [0.15, 0.2) is 6.61 Å². The minimum atomic E-state index is -0.606. The first kappa shape index (κ1) is 25.0. The number of hydrogen-bond acceptors (Lipinski definition) is 3. The highest BCUT2D eigenvalue weighted by Crippen LogP contribution is 2.27. The molecule has 2 amide bonds. The van der Waals surface area contributed by atoms with Gasteiger partial charge in [-0.15, -0.1) is 0 Å². The molecule has 2 aromatic rings. The summed E-state index contributed by atoms with van der Waals surface area (Å²) in [6, 6.07) is 12.1. The maximum Gasteiger partial charge on any atom is 0.261 e. The molecular formula is C24H30Cl2N2O3. The zero-order valence-electron chi connectivity index (χ0n) is 18.5. The van der Waals surface area contributed by atoms with Crippen molar-refractivity contribution >= 4 is 35.0 Å². The van der Waals surface area contributed by atoms with E-state index >= 15 is 0 Å². The van der Waals surface area contributed by atoms with Gasteiger partial charge in [-0.25, -0.2) is 0 Å². The third kappa shape index (κ3) is 7.15. The van der Waals surface area contributed by atoms with Crippen molar-refractivity contribution in [1.29, 1.82) is 0 Å². The SMILES string of the molecule is CC[C@H](C)NC(=O)[C@H](CC)N(Cc1ccccc1C)C(=O)COc1ccc(Cl)cc1Cl. The Morgan fingerprint density at radius 3 is 2.42 bits per heavy atom. The zero-order valence-corrected chi connectivity index (χ0v) is 20.0. The molecule has 0 bridgehead atoms. The van der Waals surface area contributed by atoms with Gasteiger partial charge < -0.3 is 15.0 Å². The van der Waals surface area contributed by atoms with Gasteiger partial charge in [-0.05, 0) is 56.0 Å². The van der Waals surface area contributed by atoms with Gasteiger partial charge in [0.05, 0.1) is 5.02 Å². The van der Waals surface area contributed by atoms with Crippen LogP contribution < -0.4 is 10.1 Å². The molecule has 0 saturated heterocycles. The second-order valence-corrected chi connectivity index (χ2v) is 8.40. The van der Waals surface area contributed by atoms with E-state index in [1.165, 1.54) is 0 Å². The first-order chi connectivity index (χ1) is 14.8. The molecule has 7 heteroatoms. The van der Waals surface area contributed by atoms with Crippen molar-refractivity contribution in [3.63, 3.8) is 0 Å².